The summed E-state index contributed by atoms with van der Waals surface area (Å²) in [7, 11) is 1.66. The van der Waals surface area contributed by atoms with Crippen molar-refractivity contribution in [1.82, 2.24) is 15.5 Å². The molecule has 8 heteroatoms. The molecular weight excluding hydrogens is 424 g/mol. The molecule has 2 aromatic rings. The highest BCUT2D eigenvalue weighted by molar-refractivity contribution is 9.10. The summed E-state index contributed by atoms with van der Waals surface area (Å²) in [4.78, 5) is 38.5. The minimum Gasteiger partial charge on any atom is -0.338 e. The van der Waals surface area contributed by atoms with Gasteiger partial charge in [-0.3, -0.25) is 19.8 Å². The predicted molar refractivity (Wildman–Crippen MR) is 112 cm³/mol. The van der Waals surface area contributed by atoms with Crippen molar-refractivity contribution in [2.75, 3.05) is 25.5 Å². The molecular formula is C20H23BrN4O3. The lowest BCUT2D eigenvalue weighted by atomic mass is 10.0. The number of carbonyl (C=O) groups excluding carboxylic acids is 3. The normalized spacial score (nSPS) is 11.6. The summed E-state index contributed by atoms with van der Waals surface area (Å²) >= 11 is 3.38. The van der Waals surface area contributed by atoms with E-state index in [1.807, 2.05) is 24.3 Å². The van der Waals surface area contributed by atoms with E-state index in [-0.39, 0.29) is 12.5 Å². The first-order valence-electron chi connectivity index (χ1n) is 8.80. The van der Waals surface area contributed by atoms with Crippen LogP contribution in [0.3, 0.4) is 0 Å². The van der Waals surface area contributed by atoms with Crippen LogP contribution in [0.25, 0.3) is 0 Å². The maximum atomic E-state index is 12.7. The van der Waals surface area contributed by atoms with Gasteiger partial charge in [0.05, 0.1) is 12.2 Å². The van der Waals surface area contributed by atoms with Gasteiger partial charge in [0.1, 0.15) is 6.04 Å². The van der Waals surface area contributed by atoms with E-state index in [0.29, 0.717) is 17.8 Å². The maximum absolute atomic E-state index is 12.7. The first kappa shape index (κ1) is 21.6. The van der Waals surface area contributed by atoms with E-state index in [4.69, 9.17) is 0 Å². The molecule has 0 spiro atoms. The fourth-order valence-corrected chi connectivity index (χ4v) is 3.08. The topological polar surface area (TPSA) is 90.5 Å². The molecule has 148 valence electrons. The standard InChI is InChI=1S/C20H23BrN4O3/c1-3-22-20(28)24-19(27)18(14-9-5-4-6-10-14)25(2)13-17(26)23-16-12-8-7-11-15(16)21/h4-12,18H,3,13H2,1-2H3,(H,23,26)(H2,22,24,27,28). The molecule has 2 rings (SSSR count). The van der Waals surface area contributed by atoms with Crippen LogP contribution >= 0.6 is 15.9 Å². The van der Waals surface area contributed by atoms with Crippen LogP contribution in [0.4, 0.5) is 10.5 Å². The van der Waals surface area contributed by atoms with E-state index in [1.54, 1.807) is 49.2 Å². The van der Waals surface area contributed by atoms with Gasteiger partial charge in [-0.15, -0.1) is 0 Å². The lowest BCUT2D eigenvalue weighted by Crippen LogP contribution is -2.46. The number of hydrogen-bond donors (Lipinski definition) is 3. The third-order valence-electron chi connectivity index (χ3n) is 3.92. The quantitative estimate of drug-likeness (QED) is 0.609. The molecule has 0 saturated heterocycles. The highest BCUT2D eigenvalue weighted by Crippen LogP contribution is 2.22. The zero-order chi connectivity index (χ0) is 20.5. The van der Waals surface area contributed by atoms with Crippen LogP contribution in [0.15, 0.2) is 59.1 Å². The molecule has 0 aliphatic rings. The summed E-state index contributed by atoms with van der Waals surface area (Å²) in [6, 6.07) is 14.9. The Morgan fingerprint density at radius 2 is 1.68 bits per heavy atom. The number of halogens is 1. The first-order valence-corrected chi connectivity index (χ1v) is 9.60. The molecule has 0 aliphatic carbocycles. The summed E-state index contributed by atoms with van der Waals surface area (Å²) in [5.74, 6) is -0.783. The van der Waals surface area contributed by atoms with Crippen LogP contribution in [0.5, 0.6) is 0 Å². The smallest absolute Gasteiger partial charge is 0.321 e. The van der Waals surface area contributed by atoms with E-state index in [2.05, 4.69) is 31.9 Å². The first-order chi connectivity index (χ1) is 13.4. The van der Waals surface area contributed by atoms with Gasteiger partial charge in [0.15, 0.2) is 0 Å². The van der Waals surface area contributed by atoms with E-state index in [1.165, 1.54) is 0 Å². The third kappa shape index (κ3) is 6.17. The Hall–Kier alpha value is -2.71. The van der Waals surface area contributed by atoms with Crippen molar-refractivity contribution in [2.24, 2.45) is 0 Å². The lowest BCUT2D eigenvalue weighted by molar-refractivity contribution is -0.126. The van der Waals surface area contributed by atoms with Gasteiger partial charge in [-0.1, -0.05) is 42.5 Å². The second-order valence-electron chi connectivity index (χ2n) is 6.11. The molecule has 0 aliphatic heterocycles. The zero-order valence-corrected chi connectivity index (χ0v) is 17.3. The van der Waals surface area contributed by atoms with Crippen molar-refractivity contribution < 1.29 is 14.4 Å². The number of para-hydroxylation sites is 1. The summed E-state index contributed by atoms with van der Waals surface area (Å²) in [6.45, 7) is 2.12. The number of amides is 4. The number of anilines is 1. The summed E-state index contributed by atoms with van der Waals surface area (Å²) < 4.78 is 0.764. The van der Waals surface area contributed by atoms with Crippen molar-refractivity contribution in [1.29, 1.82) is 0 Å². The molecule has 0 heterocycles. The molecule has 4 amide bonds. The van der Waals surface area contributed by atoms with Crippen LogP contribution in [-0.2, 0) is 9.59 Å². The van der Waals surface area contributed by atoms with Gasteiger partial charge in [-0.05, 0) is 47.6 Å². The zero-order valence-electron chi connectivity index (χ0n) is 15.7. The number of nitrogens with one attached hydrogen (secondary N) is 3. The second kappa shape index (κ2) is 10.6. The van der Waals surface area contributed by atoms with Crippen molar-refractivity contribution in [3.8, 4) is 0 Å². The van der Waals surface area contributed by atoms with Crippen molar-refractivity contribution in [3.05, 3.63) is 64.6 Å². The molecule has 7 nitrogen and oxygen atoms in total. The predicted octanol–water partition coefficient (Wildman–Crippen LogP) is 2.91. The Kier molecular flexibility index (Phi) is 8.16. The van der Waals surface area contributed by atoms with Crippen LogP contribution < -0.4 is 16.0 Å². The van der Waals surface area contributed by atoms with Gasteiger partial charge in [-0.2, -0.15) is 0 Å². The Morgan fingerprint density at radius 3 is 2.32 bits per heavy atom. The Morgan fingerprint density at radius 1 is 1.04 bits per heavy atom. The number of likely N-dealkylation sites (N-methyl/N-ethyl adjacent to an activating group) is 1. The highest BCUT2D eigenvalue weighted by atomic mass is 79.9. The number of benzene rings is 2. The maximum Gasteiger partial charge on any atom is 0.321 e. The molecule has 1 atom stereocenters. The van der Waals surface area contributed by atoms with E-state index in [9.17, 15) is 14.4 Å². The minimum atomic E-state index is -0.797. The van der Waals surface area contributed by atoms with E-state index in [0.717, 1.165) is 4.47 Å². The summed E-state index contributed by atoms with van der Waals surface area (Å²) in [5, 5.41) is 7.66. The molecule has 0 radical (unpaired) electrons. The number of hydrogen-bond acceptors (Lipinski definition) is 4. The van der Waals surface area contributed by atoms with Crippen molar-refractivity contribution >= 4 is 39.5 Å². The van der Waals surface area contributed by atoms with Gasteiger partial charge in [0, 0.05) is 11.0 Å². The number of urea groups is 1. The number of rotatable bonds is 7. The van der Waals surface area contributed by atoms with Crippen LogP contribution in [0, 0.1) is 0 Å². The average Bonchev–Trinajstić information content (AvgIpc) is 2.64. The van der Waals surface area contributed by atoms with Crippen molar-refractivity contribution in [3.63, 3.8) is 0 Å². The van der Waals surface area contributed by atoms with Crippen molar-refractivity contribution in [2.45, 2.75) is 13.0 Å². The number of nitrogens with zero attached hydrogens (tertiary/aromatic N) is 1. The SMILES string of the molecule is CCNC(=O)NC(=O)C(c1ccccc1)N(C)CC(=O)Nc1ccccc1Br. The highest BCUT2D eigenvalue weighted by Gasteiger charge is 2.27. The van der Waals surface area contributed by atoms with Crippen LogP contribution in [0.2, 0.25) is 0 Å². The molecule has 0 bridgehead atoms. The molecule has 2 aromatic carbocycles. The Balaban J connectivity index is 2.13. The number of imide groups is 1. The second-order valence-corrected chi connectivity index (χ2v) is 6.96. The minimum absolute atomic E-state index is 0.0380. The number of carbonyl (C=O) groups is 3. The lowest BCUT2D eigenvalue weighted by Gasteiger charge is -2.26. The van der Waals surface area contributed by atoms with Crippen LogP contribution in [-0.4, -0.2) is 42.9 Å². The fourth-order valence-electron chi connectivity index (χ4n) is 2.70. The van der Waals surface area contributed by atoms with Crippen LogP contribution in [0.1, 0.15) is 18.5 Å². The van der Waals surface area contributed by atoms with E-state index < -0.39 is 18.0 Å². The molecule has 0 fully saturated rings. The molecule has 28 heavy (non-hydrogen) atoms. The largest absolute Gasteiger partial charge is 0.338 e. The van der Waals surface area contributed by atoms with Gasteiger partial charge in [-0.25, -0.2) is 4.79 Å². The average molecular weight is 447 g/mol. The molecule has 3 N–H and O–H groups in total. The molecule has 0 saturated carbocycles. The molecule has 1 unspecified atom stereocenters. The van der Waals surface area contributed by atoms with Gasteiger partial charge in [0.25, 0.3) is 0 Å². The van der Waals surface area contributed by atoms with E-state index >= 15 is 0 Å². The fraction of sp³-hybridized carbons (Fsp3) is 0.250. The third-order valence-corrected chi connectivity index (χ3v) is 4.61. The summed E-state index contributed by atoms with van der Waals surface area (Å²) in [5.41, 5.74) is 1.32. The monoisotopic (exact) mass is 446 g/mol. The Bertz CT molecular complexity index is 829. The van der Waals surface area contributed by atoms with Gasteiger partial charge < -0.3 is 10.6 Å². The molecule has 0 aromatic heterocycles. The summed E-state index contributed by atoms with van der Waals surface area (Å²) in [6.07, 6.45) is 0. The van der Waals surface area contributed by atoms with Gasteiger partial charge in [0.2, 0.25) is 11.8 Å². The Labute approximate surface area is 172 Å². The van der Waals surface area contributed by atoms with Gasteiger partial charge >= 0.3 is 6.03 Å².